The van der Waals surface area contributed by atoms with Gasteiger partial charge in [-0.15, -0.1) is 0 Å². The molecule has 1 aromatic rings. The van der Waals surface area contributed by atoms with Crippen LogP contribution in [0, 0.1) is 5.41 Å². The summed E-state index contributed by atoms with van der Waals surface area (Å²) >= 11 is 5.93. The van der Waals surface area contributed by atoms with Crippen molar-refractivity contribution in [3.63, 3.8) is 0 Å². The maximum Gasteiger partial charge on any atom is 0.0408 e. The van der Waals surface area contributed by atoms with Crippen LogP contribution in [0.3, 0.4) is 0 Å². The van der Waals surface area contributed by atoms with E-state index < -0.39 is 0 Å². The van der Waals surface area contributed by atoms with E-state index >= 15 is 0 Å². The van der Waals surface area contributed by atoms with Crippen LogP contribution in [0.25, 0.3) is 0 Å². The highest BCUT2D eigenvalue weighted by atomic mass is 35.5. The molecule has 1 aromatic carbocycles. The first kappa shape index (κ1) is 12.5. The molecule has 0 aromatic heterocycles. The van der Waals surface area contributed by atoms with Gasteiger partial charge >= 0.3 is 0 Å². The molecule has 0 amide bonds. The minimum atomic E-state index is 0.136. The Labute approximate surface area is 96.8 Å². The fourth-order valence-corrected chi connectivity index (χ4v) is 1.73. The number of benzene rings is 1. The van der Waals surface area contributed by atoms with Crippen molar-refractivity contribution in [2.45, 2.75) is 33.2 Å². The molecule has 15 heavy (non-hydrogen) atoms. The van der Waals surface area contributed by atoms with E-state index in [1.54, 1.807) is 0 Å². The molecule has 0 aliphatic heterocycles. The molecule has 3 heteroatoms. The number of hydrogen-bond acceptors (Lipinski definition) is 2. The van der Waals surface area contributed by atoms with Crippen molar-refractivity contribution >= 4 is 11.6 Å². The first-order chi connectivity index (χ1) is 6.93. The summed E-state index contributed by atoms with van der Waals surface area (Å²) in [4.78, 5) is 0. The second kappa shape index (κ2) is 4.97. The zero-order chi connectivity index (χ0) is 11.5. The molecule has 2 nitrogen and oxygen atoms in total. The van der Waals surface area contributed by atoms with Crippen molar-refractivity contribution in [3.05, 3.63) is 34.9 Å². The predicted molar refractivity (Wildman–Crippen MR) is 65.7 cm³/mol. The highest BCUT2D eigenvalue weighted by Gasteiger charge is 2.23. The number of nitrogens with two attached hydrogens (primary N) is 1. The summed E-state index contributed by atoms with van der Waals surface area (Å²) in [5, 5.41) is 0.775. The van der Waals surface area contributed by atoms with Gasteiger partial charge in [0, 0.05) is 11.1 Å². The van der Waals surface area contributed by atoms with Crippen LogP contribution in [0.4, 0.5) is 0 Å². The molecule has 84 valence electrons. The Bertz CT molecular complexity index is 318. The van der Waals surface area contributed by atoms with Gasteiger partial charge in [0.05, 0.1) is 0 Å². The fourth-order valence-electron chi connectivity index (χ4n) is 1.51. The summed E-state index contributed by atoms with van der Waals surface area (Å²) in [6, 6.07) is 8.15. The van der Waals surface area contributed by atoms with Crippen LogP contribution in [-0.4, -0.2) is 6.04 Å². The predicted octanol–water partition coefficient (Wildman–Crippen LogP) is 2.76. The van der Waals surface area contributed by atoms with Crippen molar-refractivity contribution in [1.82, 2.24) is 5.43 Å². The van der Waals surface area contributed by atoms with Gasteiger partial charge in [-0.2, -0.15) is 0 Å². The topological polar surface area (TPSA) is 38.0 Å². The van der Waals surface area contributed by atoms with Crippen LogP contribution >= 0.6 is 11.6 Å². The molecule has 0 heterocycles. The molecule has 1 atom stereocenters. The molecule has 0 spiro atoms. The Kier molecular flexibility index (Phi) is 4.14. The molecular formula is C12H19ClN2. The Hall–Kier alpha value is -0.570. The molecule has 0 fully saturated rings. The fraction of sp³-hybridized carbons (Fsp3) is 0.500. The van der Waals surface area contributed by atoms with Crippen molar-refractivity contribution in [2.75, 3.05) is 0 Å². The second-order valence-electron chi connectivity index (χ2n) is 4.92. The molecule has 0 radical (unpaired) electrons. The Balaban J connectivity index is 2.76. The standard InChI is InChI=1S/C12H19ClN2/c1-12(2,3)11(15-14)8-9-5-4-6-10(13)7-9/h4-7,11,15H,8,14H2,1-3H3. The second-order valence-corrected chi connectivity index (χ2v) is 5.36. The molecule has 0 aliphatic rings. The third kappa shape index (κ3) is 3.82. The Morgan fingerprint density at radius 1 is 1.40 bits per heavy atom. The van der Waals surface area contributed by atoms with Crippen LogP contribution < -0.4 is 11.3 Å². The summed E-state index contributed by atoms with van der Waals surface area (Å²) in [7, 11) is 0. The van der Waals surface area contributed by atoms with Crippen molar-refractivity contribution in [3.8, 4) is 0 Å². The van der Waals surface area contributed by atoms with E-state index in [4.69, 9.17) is 17.4 Å². The number of hydrogen-bond donors (Lipinski definition) is 2. The number of hydrazine groups is 1. The lowest BCUT2D eigenvalue weighted by atomic mass is 9.83. The van der Waals surface area contributed by atoms with Crippen molar-refractivity contribution in [2.24, 2.45) is 11.3 Å². The Morgan fingerprint density at radius 3 is 2.53 bits per heavy atom. The van der Waals surface area contributed by atoms with Crippen LogP contribution in [0.1, 0.15) is 26.3 Å². The largest absolute Gasteiger partial charge is 0.271 e. The van der Waals surface area contributed by atoms with Crippen LogP contribution in [0.15, 0.2) is 24.3 Å². The SMILES string of the molecule is CC(C)(C)C(Cc1cccc(Cl)c1)NN. The van der Waals surface area contributed by atoms with Gasteiger partial charge in [-0.3, -0.25) is 11.3 Å². The van der Waals surface area contributed by atoms with Gasteiger partial charge in [-0.05, 0) is 29.5 Å². The number of halogens is 1. The van der Waals surface area contributed by atoms with Gasteiger partial charge in [0.2, 0.25) is 0 Å². The molecule has 0 saturated heterocycles. The van der Waals surface area contributed by atoms with Crippen LogP contribution in [0.5, 0.6) is 0 Å². The summed E-state index contributed by atoms with van der Waals surface area (Å²) in [6.07, 6.45) is 0.889. The zero-order valence-electron chi connectivity index (χ0n) is 9.55. The average molecular weight is 227 g/mol. The van der Waals surface area contributed by atoms with E-state index in [0.717, 1.165) is 11.4 Å². The normalized spacial score (nSPS) is 13.9. The third-order valence-corrected chi connectivity index (χ3v) is 2.81. The molecule has 0 aliphatic carbocycles. The smallest absolute Gasteiger partial charge is 0.0408 e. The highest BCUT2D eigenvalue weighted by molar-refractivity contribution is 6.30. The molecule has 3 N–H and O–H groups in total. The zero-order valence-corrected chi connectivity index (χ0v) is 10.3. The van der Waals surface area contributed by atoms with Gasteiger partial charge in [0.1, 0.15) is 0 Å². The van der Waals surface area contributed by atoms with Crippen LogP contribution in [0.2, 0.25) is 5.02 Å². The highest BCUT2D eigenvalue weighted by Crippen LogP contribution is 2.23. The lowest BCUT2D eigenvalue weighted by Crippen LogP contribution is -2.45. The van der Waals surface area contributed by atoms with E-state index in [2.05, 4.69) is 32.3 Å². The summed E-state index contributed by atoms with van der Waals surface area (Å²) < 4.78 is 0. The van der Waals surface area contributed by atoms with E-state index in [1.165, 1.54) is 5.56 Å². The maximum absolute atomic E-state index is 5.93. The van der Waals surface area contributed by atoms with E-state index in [1.807, 2.05) is 18.2 Å². The summed E-state index contributed by atoms with van der Waals surface area (Å²) in [6.45, 7) is 6.51. The third-order valence-electron chi connectivity index (χ3n) is 2.58. The molecule has 1 unspecified atom stereocenters. The van der Waals surface area contributed by atoms with Crippen LogP contribution in [-0.2, 0) is 6.42 Å². The van der Waals surface area contributed by atoms with Gasteiger partial charge in [0.15, 0.2) is 0 Å². The lowest BCUT2D eigenvalue weighted by Gasteiger charge is -2.30. The van der Waals surface area contributed by atoms with Gasteiger partial charge in [-0.1, -0.05) is 44.5 Å². The lowest BCUT2D eigenvalue weighted by molar-refractivity contribution is 0.269. The minimum absolute atomic E-state index is 0.136. The average Bonchev–Trinajstić information content (AvgIpc) is 2.12. The maximum atomic E-state index is 5.93. The minimum Gasteiger partial charge on any atom is -0.271 e. The van der Waals surface area contributed by atoms with Crippen molar-refractivity contribution < 1.29 is 0 Å². The summed E-state index contributed by atoms with van der Waals surface area (Å²) in [5.41, 5.74) is 4.21. The van der Waals surface area contributed by atoms with E-state index in [0.29, 0.717) is 0 Å². The quantitative estimate of drug-likeness (QED) is 0.615. The van der Waals surface area contributed by atoms with E-state index in [9.17, 15) is 0 Å². The molecule has 0 bridgehead atoms. The monoisotopic (exact) mass is 226 g/mol. The summed E-state index contributed by atoms with van der Waals surface area (Å²) in [5.74, 6) is 5.56. The Morgan fingerprint density at radius 2 is 2.07 bits per heavy atom. The molecule has 1 rings (SSSR count). The molecular weight excluding hydrogens is 208 g/mol. The van der Waals surface area contributed by atoms with Gasteiger partial charge in [-0.25, -0.2) is 0 Å². The van der Waals surface area contributed by atoms with Crippen molar-refractivity contribution in [1.29, 1.82) is 0 Å². The molecule has 0 saturated carbocycles. The van der Waals surface area contributed by atoms with Gasteiger partial charge in [0.25, 0.3) is 0 Å². The van der Waals surface area contributed by atoms with Gasteiger partial charge < -0.3 is 0 Å². The first-order valence-corrected chi connectivity index (χ1v) is 5.52. The van der Waals surface area contributed by atoms with E-state index in [-0.39, 0.29) is 11.5 Å². The number of nitrogens with one attached hydrogen (secondary N) is 1. The first-order valence-electron chi connectivity index (χ1n) is 5.14. The number of rotatable bonds is 3.